The van der Waals surface area contributed by atoms with Crippen LogP contribution in [-0.4, -0.2) is 30.1 Å². The SMILES string of the molecule is COc1ccc(CC(=O)Nc2nc(-c3ccc4oc(=O)[nH]c4c3)cs2)cc1OC. The molecule has 148 valence electrons. The Labute approximate surface area is 169 Å². The third-order valence-electron chi connectivity index (χ3n) is 4.28. The number of methoxy groups -OCH3 is 2. The Morgan fingerprint density at radius 1 is 1.17 bits per heavy atom. The number of oxazole rings is 1. The van der Waals surface area contributed by atoms with Crippen molar-refractivity contribution in [2.24, 2.45) is 0 Å². The molecule has 0 radical (unpaired) electrons. The topological polar surface area (TPSA) is 106 Å². The van der Waals surface area contributed by atoms with Crippen LogP contribution < -0.4 is 20.5 Å². The lowest BCUT2D eigenvalue weighted by Crippen LogP contribution is -2.14. The van der Waals surface area contributed by atoms with Gasteiger partial charge in [-0.3, -0.25) is 9.78 Å². The standard InChI is InChI=1S/C20H17N3O5S/c1-26-16-5-3-11(7-17(16)27-2)8-18(24)23-19-21-14(10-29-19)12-4-6-15-13(9-12)22-20(25)28-15/h3-7,9-10H,8H2,1-2H3,(H,22,25)(H,21,23,24). The van der Waals surface area contributed by atoms with Crippen molar-refractivity contribution in [2.75, 3.05) is 19.5 Å². The van der Waals surface area contributed by atoms with Crippen LogP contribution in [0, 0.1) is 0 Å². The van der Waals surface area contributed by atoms with Crippen LogP contribution in [0.2, 0.25) is 0 Å². The molecule has 4 aromatic rings. The molecule has 0 unspecified atom stereocenters. The molecule has 2 aromatic carbocycles. The molecular weight excluding hydrogens is 394 g/mol. The maximum absolute atomic E-state index is 12.4. The van der Waals surface area contributed by atoms with Crippen LogP contribution in [0.1, 0.15) is 5.56 Å². The zero-order valence-corrected chi connectivity index (χ0v) is 16.5. The number of fused-ring (bicyclic) bond motifs is 1. The summed E-state index contributed by atoms with van der Waals surface area (Å²) in [6.45, 7) is 0. The molecule has 0 fully saturated rings. The predicted octanol–water partition coefficient (Wildman–Crippen LogP) is 3.44. The molecule has 0 aliphatic heterocycles. The highest BCUT2D eigenvalue weighted by Crippen LogP contribution is 2.29. The van der Waals surface area contributed by atoms with Crippen LogP contribution in [0.15, 0.2) is 51.0 Å². The number of hydrogen-bond donors (Lipinski definition) is 2. The molecule has 0 saturated carbocycles. The first-order chi connectivity index (χ1) is 14.1. The van der Waals surface area contributed by atoms with Crippen LogP contribution in [-0.2, 0) is 11.2 Å². The van der Waals surface area contributed by atoms with Gasteiger partial charge in [0.15, 0.2) is 22.2 Å². The lowest BCUT2D eigenvalue weighted by atomic mass is 10.1. The number of H-pyrrole nitrogens is 1. The highest BCUT2D eigenvalue weighted by Gasteiger charge is 2.12. The van der Waals surface area contributed by atoms with Crippen LogP contribution in [0.4, 0.5) is 5.13 Å². The van der Waals surface area contributed by atoms with Gasteiger partial charge in [0.25, 0.3) is 0 Å². The summed E-state index contributed by atoms with van der Waals surface area (Å²) >= 11 is 1.32. The third kappa shape index (κ3) is 3.99. The van der Waals surface area contributed by atoms with Gasteiger partial charge in [-0.2, -0.15) is 0 Å². The summed E-state index contributed by atoms with van der Waals surface area (Å²) in [5, 5.41) is 5.14. The van der Waals surface area contributed by atoms with Gasteiger partial charge in [0, 0.05) is 10.9 Å². The number of carbonyl (C=O) groups excluding carboxylic acids is 1. The van der Waals surface area contributed by atoms with E-state index in [0.717, 1.165) is 11.1 Å². The molecule has 9 heteroatoms. The van der Waals surface area contributed by atoms with Gasteiger partial charge >= 0.3 is 5.76 Å². The van der Waals surface area contributed by atoms with Crippen molar-refractivity contribution in [3.05, 3.63) is 57.9 Å². The number of hydrogen-bond acceptors (Lipinski definition) is 7. The van der Waals surface area contributed by atoms with Crippen molar-refractivity contribution in [3.63, 3.8) is 0 Å². The lowest BCUT2D eigenvalue weighted by Gasteiger charge is -2.09. The molecule has 0 bridgehead atoms. The molecule has 2 aromatic heterocycles. The summed E-state index contributed by atoms with van der Waals surface area (Å²) < 4.78 is 15.5. The fourth-order valence-electron chi connectivity index (χ4n) is 2.91. The Bertz CT molecular complexity index is 1240. The zero-order chi connectivity index (χ0) is 20.4. The number of carbonyl (C=O) groups is 1. The van der Waals surface area contributed by atoms with Crippen LogP contribution >= 0.6 is 11.3 Å². The van der Waals surface area contributed by atoms with E-state index in [0.29, 0.717) is 33.4 Å². The lowest BCUT2D eigenvalue weighted by molar-refractivity contribution is -0.115. The average Bonchev–Trinajstić information content (AvgIpc) is 3.32. The van der Waals surface area contributed by atoms with Crippen molar-refractivity contribution >= 4 is 33.5 Å². The van der Waals surface area contributed by atoms with Crippen molar-refractivity contribution < 1.29 is 18.7 Å². The quantitative estimate of drug-likeness (QED) is 0.503. The largest absolute Gasteiger partial charge is 0.493 e. The molecule has 0 aliphatic carbocycles. The number of nitrogens with one attached hydrogen (secondary N) is 2. The number of aromatic nitrogens is 2. The Morgan fingerprint density at radius 3 is 2.79 bits per heavy atom. The molecule has 29 heavy (non-hydrogen) atoms. The highest BCUT2D eigenvalue weighted by atomic mass is 32.1. The van der Waals surface area contributed by atoms with Gasteiger partial charge in [-0.25, -0.2) is 9.78 Å². The second-order valence-corrected chi connectivity index (χ2v) is 7.04. The van der Waals surface area contributed by atoms with Crippen molar-refractivity contribution in [1.82, 2.24) is 9.97 Å². The second-order valence-electron chi connectivity index (χ2n) is 6.18. The van der Waals surface area contributed by atoms with Crippen molar-refractivity contribution in [1.29, 1.82) is 0 Å². The Balaban J connectivity index is 1.47. The summed E-state index contributed by atoms with van der Waals surface area (Å²) in [4.78, 5) is 30.8. The maximum Gasteiger partial charge on any atom is 0.417 e. The van der Waals surface area contributed by atoms with E-state index < -0.39 is 5.76 Å². The number of aromatic amines is 1. The van der Waals surface area contributed by atoms with Gasteiger partial charge in [-0.05, 0) is 35.9 Å². The van der Waals surface area contributed by atoms with E-state index in [1.807, 2.05) is 17.5 Å². The number of anilines is 1. The molecule has 2 N–H and O–H groups in total. The van der Waals surface area contributed by atoms with E-state index >= 15 is 0 Å². The predicted molar refractivity (Wildman–Crippen MR) is 110 cm³/mol. The first-order valence-corrected chi connectivity index (χ1v) is 9.53. The van der Waals surface area contributed by atoms with Crippen LogP contribution in [0.25, 0.3) is 22.4 Å². The number of rotatable bonds is 6. The number of thiazole rings is 1. The summed E-state index contributed by atoms with van der Waals surface area (Å²) in [6, 6.07) is 10.6. The normalized spacial score (nSPS) is 10.8. The first kappa shape index (κ1) is 18.8. The van der Waals surface area contributed by atoms with Gasteiger partial charge in [-0.15, -0.1) is 11.3 Å². The third-order valence-corrected chi connectivity index (χ3v) is 5.04. The van der Waals surface area contributed by atoms with E-state index in [2.05, 4.69) is 15.3 Å². The van der Waals surface area contributed by atoms with Crippen molar-refractivity contribution in [3.8, 4) is 22.8 Å². The Hall–Kier alpha value is -3.59. The highest BCUT2D eigenvalue weighted by molar-refractivity contribution is 7.14. The van der Waals surface area contributed by atoms with E-state index in [-0.39, 0.29) is 12.3 Å². The minimum atomic E-state index is -0.501. The fraction of sp³-hybridized carbons (Fsp3) is 0.150. The molecule has 0 aliphatic rings. The zero-order valence-electron chi connectivity index (χ0n) is 15.6. The van der Waals surface area contributed by atoms with E-state index in [1.54, 1.807) is 38.5 Å². The summed E-state index contributed by atoms with van der Waals surface area (Å²) in [5.41, 5.74) is 3.38. The van der Waals surface area contributed by atoms with Gasteiger partial charge in [-0.1, -0.05) is 6.07 Å². The molecule has 0 saturated heterocycles. The molecule has 4 rings (SSSR count). The average molecular weight is 411 g/mol. The maximum atomic E-state index is 12.4. The van der Waals surface area contributed by atoms with Gasteiger partial charge in [0.2, 0.25) is 5.91 Å². The molecule has 1 amide bonds. The second kappa shape index (κ2) is 7.80. The first-order valence-electron chi connectivity index (χ1n) is 8.65. The van der Waals surface area contributed by atoms with E-state index in [1.165, 1.54) is 11.3 Å². The summed E-state index contributed by atoms with van der Waals surface area (Å²) in [5.74, 6) is 0.491. The minimum Gasteiger partial charge on any atom is -0.493 e. The van der Waals surface area contributed by atoms with E-state index in [4.69, 9.17) is 13.9 Å². The molecule has 0 atom stereocenters. The molecule has 2 heterocycles. The van der Waals surface area contributed by atoms with Crippen molar-refractivity contribution in [2.45, 2.75) is 6.42 Å². The van der Waals surface area contributed by atoms with E-state index in [9.17, 15) is 9.59 Å². The molecule has 0 spiro atoms. The van der Waals surface area contributed by atoms with Gasteiger partial charge < -0.3 is 19.2 Å². The Morgan fingerprint density at radius 2 is 2.00 bits per heavy atom. The molecular formula is C20H17N3O5S. The van der Waals surface area contributed by atoms with Gasteiger partial charge in [0.1, 0.15) is 0 Å². The van der Waals surface area contributed by atoms with Crippen LogP contribution in [0.3, 0.4) is 0 Å². The van der Waals surface area contributed by atoms with Crippen LogP contribution in [0.5, 0.6) is 11.5 Å². The monoisotopic (exact) mass is 411 g/mol. The minimum absolute atomic E-state index is 0.178. The number of benzene rings is 2. The number of nitrogens with zero attached hydrogens (tertiary/aromatic N) is 1. The number of ether oxygens (including phenoxy) is 2. The number of amides is 1. The summed E-state index contributed by atoms with van der Waals surface area (Å²) in [6.07, 6.45) is 0.178. The summed E-state index contributed by atoms with van der Waals surface area (Å²) in [7, 11) is 3.11. The Kier molecular flexibility index (Phi) is 5.05. The fourth-order valence-corrected chi connectivity index (χ4v) is 3.65. The van der Waals surface area contributed by atoms with Gasteiger partial charge in [0.05, 0.1) is 31.9 Å². The molecule has 8 nitrogen and oxygen atoms in total. The smallest absolute Gasteiger partial charge is 0.417 e.